The van der Waals surface area contributed by atoms with Gasteiger partial charge >= 0.3 is 5.97 Å². The number of carbonyl (C=O) groups excluding carboxylic acids is 1. The van der Waals surface area contributed by atoms with Gasteiger partial charge in [0.1, 0.15) is 17.3 Å². The molecule has 0 aliphatic rings. The molecule has 0 saturated carbocycles. The van der Waals surface area contributed by atoms with E-state index in [1.54, 1.807) is 18.7 Å². The van der Waals surface area contributed by atoms with Crippen LogP contribution in [0.25, 0.3) is 22.5 Å². The van der Waals surface area contributed by atoms with Crippen LogP contribution in [0.4, 0.5) is 0 Å². The molecule has 2 heterocycles. The fraction of sp³-hybridized carbons (Fsp3) is 0.318. The first-order valence-corrected chi connectivity index (χ1v) is 10.0. The van der Waals surface area contributed by atoms with E-state index in [1.807, 2.05) is 55.5 Å². The lowest BCUT2D eigenvalue weighted by atomic mass is 9.98. The number of rotatable bonds is 8. The van der Waals surface area contributed by atoms with E-state index in [0.29, 0.717) is 18.4 Å². The molecule has 0 amide bonds. The highest BCUT2D eigenvalue weighted by Crippen LogP contribution is 2.32. The van der Waals surface area contributed by atoms with Crippen LogP contribution in [0.1, 0.15) is 32.2 Å². The van der Waals surface area contributed by atoms with Crippen LogP contribution in [0.15, 0.2) is 52.9 Å². The summed E-state index contributed by atoms with van der Waals surface area (Å²) in [4.78, 5) is 12.2. The highest BCUT2D eigenvalue weighted by molar-refractivity contribution is 5.74. The van der Waals surface area contributed by atoms with E-state index in [1.165, 1.54) is 0 Å². The van der Waals surface area contributed by atoms with Crippen molar-refractivity contribution in [1.29, 1.82) is 0 Å². The summed E-state index contributed by atoms with van der Waals surface area (Å²) in [5, 5.41) is 17.1. The maximum absolute atomic E-state index is 12.2. The van der Waals surface area contributed by atoms with Gasteiger partial charge in [0.15, 0.2) is 0 Å². The molecule has 0 saturated heterocycles. The van der Waals surface area contributed by atoms with Gasteiger partial charge in [0.25, 0.3) is 0 Å². The molecule has 0 aliphatic carbocycles. The Morgan fingerprint density at radius 1 is 1.10 bits per heavy atom. The lowest BCUT2D eigenvalue weighted by Crippen LogP contribution is -2.23. The van der Waals surface area contributed by atoms with Gasteiger partial charge in [-0.05, 0) is 49.2 Å². The monoisotopic (exact) mass is 421 g/mol. The molecule has 0 N–H and O–H groups in total. The van der Waals surface area contributed by atoms with Crippen molar-refractivity contribution in [2.24, 2.45) is 5.92 Å². The van der Waals surface area contributed by atoms with Gasteiger partial charge in [-0.25, -0.2) is 4.68 Å². The molecular formula is C22H23N5O4. The minimum atomic E-state index is -0.490. The summed E-state index contributed by atoms with van der Waals surface area (Å²) in [6.45, 7) is 4.03. The van der Waals surface area contributed by atoms with Crippen molar-refractivity contribution < 1.29 is 18.7 Å². The zero-order valence-corrected chi connectivity index (χ0v) is 17.6. The largest absolute Gasteiger partial charge is 0.497 e. The second kappa shape index (κ2) is 8.95. The van der Waals surface area contributed by atoms with Gasteiger partial charge in [0.2, 0.25) is 11.8 Å². The lowest BCUT2D eigenvalue weighted by molar-refractivity contribution is -0.144. The summed E-state index contributed by atoms with van der Waals surface area (Å²) in [7, 11) is 1.61. The third-order valence-corrected chi connectivity index (χ3v) is 5.00. The molecule has 2 unspecified atom stereocenters. The number of aromatic nitrogens is 5. The van der Waals surface area contributed by atoms with E-state index < -0.39 is 6.04 Å². The van der Waals surface area contributed by atoms with Crippen molar-refractivity contribution in [1.82, 2.24) is 25.2 Å². The Balaban J connectivity index is 1.72. The van der Waals surface area contributed by atoms with Crippen molar-refractivity contribution in [3.8, 4) is 17.2 Å². The van der Waals surface area contributed by atoms with Crippen LogP contribution < -0.4 is 4.74 Å². The zero-order valence-electron chi connectivity index (χ0n) is 17.6. The zero-order chi connectivity index (χ0) is 21.8. The van der Waals surface area contributed by atoms with Gasteiger partial charge in [-0.1, -0.05) is 24.3 Å². The summed E-state index contributed by atoms with van der Waals surface area (Å²) >= 11 is 0. The third kappa shape index (κ3) is 4.25. The Bertz CT molecular complexity index is 1170. The van der Waals surface area contributed by atoms with Crippen LogP contribution >= 0.6 is 0 Å². The number of methoxy groups -OCH3 is 1. The molecule has 4 rings (SSSR count). The molecule has 2 atom stereocenters. The van der Waals surface area contributed by atoms with Gasteiger partial charge in [0, 0.05) is 5.56 Å². The van der Waals surface area contributed by atoms with Gasteiger partial charge < -0.3 is 13.9 Å². The van der Waals surface area contributed by atoms with Crippen LogP contribution in [-0.2, 0) is 9.53 Å². The smallest absolute Gasteiger partial charge is 0.306 e. The fourth-order valence-corrected chi connectivity index (χ4v) is 3.48. The Morgan fingerprint density at radius 3 is 2.61 bits per heavy atom. The second-order valence-electron chi connectivity index (χ2n) is 7.13. The standard InChI is InChI=1S/C22H23N5O4/c1-4-30-19(28)13-14(2)20(27-18-8-6-5-7-17(18)23-26-27)22-25-24-21(31-22)15-9-11-16(29-3)12-10-15/h5-12,14,20H,4,13H2,1-3H3. The molecule has 160 valence electrons. The van der Waals surface area contributed by atoms with Gasteiger partial charge in [0.05, 0.1) is 25.7 Å². The summed E-state index contributed by atoms with van der Waals surface area (Å²) in [5.41, 5.74) is 2.32. The van der Waals surface area contributed by atoms with Crippen LogP contribution in [0.5, 0.6) is 5.75 Å². The molecule has 9 nitrogen and oxygen atoms in total. The molecule has 9 heteroatoms. The van der Waals surface area contributed by atoms with E-state index in [-0.39, 0.29) is 18.3 Å². The minimum Gasteiger partial charge on any atom is -0.497 e. The average molecular weight is 421 g/mol. The maximum Gasteiger partial charge on any atom is 0.306 e. The predicted molar refractivity (Wildman–Crippen MR) is 112 cm³/mol. The summed E-state index contributed by atoms with van der Waals surface area (Å²) < 4.78 is 18.1. The number of para-hydroxylation sites is 1. The first-order valence-electron chi connectivity index (χ1n) is 10.0. The molecule has 0 fully saturated rings. The number of hydrogen-bond donors (Lipinski definition) is 0. The number of nitrogens with zero attached hydrogens (tertiary/aromatic N) is 5. The van der Waals surface area contributed by atoms with Crippen molar-refractivity contribution in [3.63, 3.8) is 0 Å². The van der Waals surface area contributed by atoms with E-state index in [9.17, 15) is 4.79 Å². The van der Waals surface area contributed by atoms with E-state index in [0.717, 1.165) is 22.3 Å². The Morgan fingerprint density at radius 2 is 1.87 bits per heavy atom. The van der Waals surface area contributed by atoms with E-state index in [4.69, 9.17) is 13.9 Å². The average Bonchev–Trinajstić information content (AvgIpc) is 3.43. The number of fused-ring (bicyclic) bond motifs is 1. The molecule has 0 spiro atoms. The Hall–Kier alpha value is -3.75. The molecule has 0 bridgehead atoms. The van der Waals surface area contributed by atoms with Gasteiger partial charge in [-0.3, -0.25) is 4.79 Å². The highest BCUT2D eigenvalue weighted by atomic mass is 16.5. The van der Waals surface area contributed by atoms with Crippen molar-refractivity contribution in [3.05, 3.63) is 54.4 Å². The van der Waals surface area contributed by atoms with Gasteiger partial charge in [-0.15, -0.1) is 15.3 Å². The van der Waals surface area contributed by atoms with Crippen molar-refractivity contribution in [2.45, 2.75) is 26.3 Å². The Kier molecular flexibility index (Phi) is 5.92. The first kappa shape index (κ1) is 20.5. The molecule has 0 aliphatic heterocycles. The molecule has 4 aromatic rings. The van der Waals surface area contributed by atoms with E-state index in [2.05, 4.69) is 20.5 Å². The van der Waals surface area contributed by atoms with Crippen LogP contribution in [0.3, 0.4) is 0 Å². The van der Waals surface area contributed by atoms with Crippen LogP contribution in [-0.4, -0.2) is 44.9 Å². The summed E-state index contributed by atoms with van der Waals surface area (Å²) in [5.74, 6) is 0.930. The van der Waals surface area contributed by atoms with E-state index >= 15 is 0 Å². The first-order chi connectivity index (χ1) is 15.1. The molecule has 0 radical (unpaired) electrons. The number of ether oxygens (including phenoxy) is 2. The van der Waals surface area contributed by atoms with Crippen molar-refractivity contribution >= 4 is 17.0 Å². The predicted octanol–water partition coefficient (Wildman–Crippen LogP) is 3.67. The number of hydrogen-bond acceptors (Lipinski definition) is 8. The normalized spacial score (nSPS) is 13.1. The molecule has 2 aromatic heterocycles. The quantitative estimate of drug-likeness (QED) is 0.397. The molecule has 2 aromatic carbocycles. The lowest BCUT2D eigenvalue weighted by Gasteiger charge is -2.20. The minimum absolute atomic E-state index is 0.174. The van der Waals surface area contributed by atoms with Crippen molar-refractivity contribution in [2.75, 3.05) is 13.7 Å². The molecule has 31 heavy (non-hydrogen) atoms. The number of esters is 1. The highest BCUT2D eigenvalue weighted by Gasteiger charge is 2.31. The number of benzene rings is 2. The van der Waals surface area contributed by atoms with Gasteiger partial charge in [-0.2, -0.15) is 0 Å². The summed E-state index contributed by atoms with van der Waals surface area (Å²) in [6, 6.07) is 14.4. The Labute approximate surface area is 179 Å². The third-order valence-electron chi connectivity index (χ3n) is 5.00. The number of carbonyl (C=O) groups is 1. The second-order valence-corrected chi connectivity index (χ2v) is 7.13. The fourth-order valence-electron chi connectivity index (χ4n) is 3.48. The SMILES string of the molecule is CCOC(=O)CC(C)C(c1nnc(-c2ccc(OC)cc2)o1)n1nnc2ccccc21. The maximum atomic E-state index is 12.2. The summed E-state index contributed by atoms with van der Waals surface area (Å²) in [6.07, 6.45) is 0.174. The van der Waals surface area contributed by atoms with Crippen LogP contribution in [0, 0.1) is 5.92 Å². The van der Waals surface area contributed by atoms with Crippen LogP contribution in [0.2, 0.25) is 0 Å². The topological polar surface area (TPSA) is 105 Å². The molecular weight excluding hydrogens is 398 g/mol.